The molecule has 0 aliphatic heterocycles. The van der Waals surface area contributed by atoms with Crippen LogP contribution in [0.1, 0.15) is 32.7 Å². The number of aromatic hydroxyl groups is 1. The Morgan fingerprint density at radius 3 is 2.06 bits per heavy atom. The van der Waals surface area contributed by atoms with Gasteiger partial charge in [-0.25, -0.2) is 14.4 Å². The molecular formula is C27H24O8. The summed E-state index contributed by atoms with van der Waals surface area (Å²) < 4.78 is 21.2. The van der Waals surface area contributed by atoms with Crippen LogP contribution in [-0.2, 0) is 9.53 Å². The Balaban J connectivity index is 1.51. The third-order valence-electron chi connectivity index (χ3n) is 4.72. The van der Waals surface area contributed by atoms with Crippen LogP contribution in [0, 0.1) is 6.92 Å². The second kappa shape index (κ2) is 12.0. The van der Waals surface area contributed by atoms with Crippen LogP contribution >= 0.6 is 0 Å². The molecule has 0 saturated carbocycles. The van der Waals surface area contributed by atoms with Crippen molar-refractivity contribution in [2.75, 3.05) is 13.2 Å². The zero-order chi connectivity index (χ0) is 25.2. The maximum absolute atomic E-state index is 12.5. The highest BCUT2D eigenvalue weighted by atomic mass is 16.5. The molecule has 0 aliphatic carbocycles. The Morgan fingerprint density at radius 1 is 0.829 bits per heavy atom. The van der Waals surface area contributed by atoms with E-state index < -0.39 is 17.9 Å². The summed E-state index contributed by atoms with van der Waals surface area (Å²) in [6, 6.07) is 16.8. The van der Waals surface area contributed by atoms with E-state index in [9.17, 15) is 19.5 Å². The Morgan fingerprint density at radius 2 is 1.43 bits per heavy atom. The lowest BCUT2D eigenvalue weighted by Gasteiger charge is -2.11. The second-order valence-corrected chi connectivity index (χ2v) is 7.35. The van der Waals surface area contributed by atoms with Gasteiger partial charge in [0, 0.05) is 12.5 Å². The first-order valence-corrected chi connectivity index (χ1v) is 10.7. The molecule has 0 spiro atoms. The minimum absolute atomic E-state index is 0.0504. The van der Waals surface area contributed by atoms with Crippen LogP contribution in [0.4, 0.5) is 0 Å². The van der Waals surface area contributed by atoms with Crippen molar-refractivity contribution in [2.24, 2.45) is 0 Å². The van der Waals surface area contributed by atoms with E-state index in [4.69, 9.17) is 18.9 Å². The average molecular weight is 476 g/mol. The number of hydrogen-bond acceptors (Lipinski definition) is 8. The van der Waals surface area contributed by atoms with Gasteiger partial charge in [0.1, 0.15) is 23.0 Å². The molecule has 8 nitrogen and oxygen atoms in total. The van der Waals surface area contributed by atoms with Crippen molar-refractivity contribution in [1.29, 1.82) is 0 Å². The predicted molar refractivity (Wildman–Crippen MR) is 127 cm³/mol. The number of phenols is 1. The van der Waals surface area contributed by atoms with Crippen molar-refractivity contribution < 1.29 is 38.4 Å². The van der Waals surface area contributed by atoms with E-state index in [0.717, 1.165) is 6.08 Å². The van der Waals surface area contributed by atoms with Gasteiger partial charge in [0.25, 0.3) is 0 Å². The molecule has 1 N–H and O–H groups in total. The fraction of sp³-hybridized carbons (Fsp3) is 0.148. The first-order valence-electron chi connectivity index (χ1n) is 10.7. The molecule has 0 unspecified atom stereocenters. The SMILES string of the molecule is C=CC(=O)OCCCOc1ccc(C(=O)Oc2ccc(OC(=O)c3ccc(O)cc3)cc2C)cc1. The highest BCUT2D eigenvalue weighted by molar-refractivity contribution is 5.92. The average Bonchev–Trinajstić information content (AvgIpc) is 2.86. The lowest BCUT2D eigenvalue weighted by molar-refractivity contribution is -0.137. The van der Waals surface area contributed by atoms with Gasteiger partial charge in [0.2, 0.25) is 0 Å². The molecule has 0 aromatic heterocycles. The smallest absolute Gasteiger partial charge is 0.343 e. The van der Waals surface area contributed by atoms with E-state index in [1.165, 1.54) is 30.3 Å². The number of aryl methyl sites for hydroxylation is 1. The molecule has 3 aromatic carbocycles. The Kier molecular flexibility index (Phi) is 8.61. The topological polar surface area (TPSA) is 108 Å². The summed E-state index contributed by atoms with van der Waals surface area (Å²) in [5.41, 5.74) is 1.23. The quantitative estimate of drug-likeness (QED) is 0.195. The van der Waals surface area contributed by atoms with Crippen molar-refractivity contribution in [2.45, 2.75) is 13.3 Å². The maximum Gasteiger partial charge on any atom is 0.343 e. The van der Waals surface area contributed by atoms with Crippen molar-refractivity contribution in [3.63, 3.8) is 0 Å². The fourth-order valence-electron chi connectivity index (χ4n) is 2.89. The Hall–Kier alpha value is -4.59. The van der Waals surface area contributed by atoms with E-state index in [0.29, 0.717) is 47.0 Å². The largest absolute Gasteiger partial charge is 0.508 e. The number of carbonyl (C=O) groups is 3. The molecule has 0 radical (unpaired) electrons. The van der Waals surface area contributed by atoms with E-state index >= 15 is 0 Å². The summed E-state index contributed by atoms with van der Waals surface area (Å²) in [7, 11) is 0. The van der Waals surface area contributed by atoms with Crippen LogP contribution in [-0.4, -0.2) is 36.2 Å². The van der Waals surface area contributed by atoms with Gasteiger partial charge in [-0.05, 0) is 79.2 Å². The van der Waals surface area contributed by atoms with Gasteiger partial charge in [-0.2, -0.15) is 0 Å². The number of ether oxygens (including phenoxy) is 4. The van der Waals surface area contributed by atoms with E-state index in [-0.39, 0.29) is 12.4 Å². The first kappa shape index (κ1) is 25.0. The lowest BCUT2D eigenvalue weighted by atomic mass is 10.2. The summed E-state index contributed by atoms with van der Waals surface area (Å²) in [5, 5.41) is 9.32. The summed E-state index contributed by atoms with van der Waals surface area (Å²) in [6.45, 7) is 5.62. The molecule has 0 fully saturated rings. The van der Waals surface area contributed by atoms with Gasteiger partial charge in [0.15, 0.2) is 0 Å². The highest BCUT2D eigenvalue weighted by Gasteiger charge is 2.13. The van der Waals surface area contributed by atoms with Gasteiger partial charge in [-0.15, -0.1) is 0 Å². The first-order chi connectivity index (χ1) is 16.9. The summed E-state index contributed by atoms with van der Waals surface area (Å²) in [4.78, 5) is 35.7. The van der Waals surface area contributed by atoms with E-state index in [1.54, 1.807) is 43.3 Å². The molecule has 0 saturated heterocycles. The Bertz CT molecular complexity index is 1200. The number of benzene rings is 3. The molecule has 3 aromatic rings. The van der Waals surface area contributed by atoms with Crippen molar-refractivity contribution >= 4 is 17.9 Å². The minimum atomic E-state index is -0.575. The van der Waals surface area contributed by atoms with Crippen LogP contribution in [0.15, 0.2) is 79.4 Å². The molecular weight excluding hydrogens is 452 g/mol. The van der Waals surface area contributed by atoms with Crippen LogP contribution in [0.25, 0.3) is 0 Å². The van der Waals surface area contributed by atoms with E-state index in [1.807, 2.05) is 0 Å². The molecule has 0 atom stereocenters. The third kappa shape index (κ3) is 7.46. The Labute approximate surface area is 202 Å². The lowest BCUT2D eigenvalue weighted by Crippen LogP contribution is -2.10. The predicted octanol–water partition coefficient (Wildman–Crippen LogP) is 4.64. The standard InChI is InChI=1S/C27H24O8/c1-3-25(29)33-16-4-15-32-22-11-7-20(8-12-22)27(31)35-24-14-13-23(17-18(24)2)34-26(30)19-5-9-21(28)10-6-19/h3,5-14,17,28H,1,4,15-16H2,2H3. The molecule has 0 aliphatic rings. The number of hydrogen-bond donors (Lipinski definition) is 1. The molecule has 8 heteroatoms. The van der Waals surface area contributed by atoms with E-state index in [2.05, 4.69) is 6.58 Å². The zero-order valence-electron chi connectivity index (χ0n) is 19.1. The third-order valence-corrected chi connectivity index (χ3v) is 4.72. The van der Waals surface area contributed by atoms with Gasteiger partial charge < -0.3 is 24.1 Å². The monoisotopic (exact) mass is 476 g/mol. The fourth-order valence-corrected chi connectivity index (χ4v) is 2.89. The molecule has 3 rings (SSSR count). The van der Waals surface area contributed by atoms with Gasteiger partial charge in [-0.1, -0.05) is 6.58 Å². The maximum atomic E-state index is 12.5. The van der Waals surface area contributed by atoms with Crippen LogP contribution in [0.5, 0.6) is 23.0 Å². The second-order valence-electron chi connectivity index (χ2n) is 7.35. The summed E-state index contributed by atoms with van der Waals surface area (Å²) in [5.74, 6) is -0.371. The van der Waals surface area contributed by atoms with Gasteiger partial charge in [-0.3, -0.25) is 0 Å². The van der Waals surface area contributed by atoms with Crippen LogP contribution in [0.2, 0.25) is 0 Å². The number of carbonyl (C=O) groups excluding carboxylic acids is 3. The zero-order valence-corrected chi connectivity index (χ0v) is 19.1. The van der Waals surface area contributed by atoms with Crippen molar-refractivity contribution in [1.82, 2.24) is 0 Å². The number of rotatable bonds is 10. The van der Waals surface area contributed by atoms with Crippen molar-refractivity contribution in [3.05, 3.63) is 96.1 Å². The van der Waals surface area contributed by atoms with Crippen LogP contribution < -0.4 is 14.2 Å². The van der Waals surface area contributed by atoms with Gasteiger partial charge >= 0.3 is 17.9 Å². The number of esters is 3. The molecule has 35 heavy (non-hydrogen) atoms. The van der Waals surface area contributed by atoms with Gasteiger partial charge in [0.05, 0.1) is 24.3 Å². The highest BCUT2D eigenvalue weighted by Crippen LogP contribution is 2.25. The molecule has 180 valence electrons. The van der Waals surface area contributed by atoms with Crippen LogP contribution in [0.3, 0.4) is 0 Å². The molecule has 0 bridgehead atoms. The minimum Gasteiger partial charge on any atom is -0.508 e. The number of phenolic OH excluding ortho intramolecular Hbond substituents is 1. The summed E-state index contributed by atoms with van der Waals surface area (Å²) in [6.07, 6.45) is 1.62. The normalized spacial score (nSPS) is 10.2. The molecule has 0 heterocycles. The molecule has 0 amide bonds. The summed E-state index contributed by atoms with van der Waals surface area (Å²) >= 11 is 0. The van der Waals surface area contributed by atoms with Crippen molar-refractivity contribution in [3.8, 4) is 23.0 Å².